The molecule has 4 rings (SSSR count). The molecule has 7 heteroatoms. The van der Waals surface area contributed by atoms with Crippen molar-refractivity contribution in [3.8, 4) is 45.4 Å². The number of nitrogens with zero attached hydrogens (tertiary/aromatic N) is 3. The third kappa shape index (κ3) is 3.18. The molecule has 2 aromatic heterocycles. The van der Waals surface area contributed by atoms with Crippen LogP contribution in [0.25, 0.3) is 28.0 Å². The summed E-state index contributed by atoms with van der Waals surface area (Å²) in [6, 6.07) is 13.6. The van der Waals surface area contributed by atoms with E-state index in [2.05, 4.69) is 5.10 Å². The molecule has 7 nitrogen and oxygen atoms in total. The third-order valence-corrected chi connectivity index (χ3v) is 5.03. The van der Waals surface area contributed by atoms with Crippen LogP contribution in [0.3, 0.4) is 0 Å². The number of benzene rings is 2. The first-order valence-corrected chi connectivity index (χ1v) is 9.40. The van der Waals surface area contributed by atoms with Crippen LogP contribution in [-0.4, -0.2) is 43.0 Å². The monoisotopic (exact) mass is 405 g/mol. The molecule has 0 N–H and O–H groups in total. The highest BCUT2D eigenvalue weighted by Gasteiger charge is 2.21. The SMILES string of the molecule is COc1ccc(-c2c(C)nc3ccnn3c2-c2cc(OC)c(OC)c(OC)c2)cc1. The van der Waals surface area contributed by atoms with Gasteiger partial charge in [0.15, 0.2) is 17.1 Å². The molecule has 0 aliphatic rings. The molecule has 0 bridgehead atoms. The number of ether oxygens (including phenoxy) is 4. The van der Waals surface area contributed by atoms with Crippen molar-refractivity contribution >= 4 is 5.65 Å². The molecular weight excluding hydrogens is 382 g/mol. The van der Waals surface area contributed by atoms with E-state index in [4.69, 9.17) is 23.9 Å². The standard InChI is InChI=1S/C23H23N3O4/c1-14-21(15-6-8-17(27-2)9-7-15)22(26-20(25-14)10-11-24-26)16-12-18(28-3)23(30-5)19(13-16)29-4/h6-13H,1-5H3. The topological polar surface area (TPSA) is 67.1 Å². The minimum absolute atomic E-state index is 0.539. The van der Waals surface area contributed by atoms with Gasteiger partial charge in [-0.25, -0.2) is 9.50 Å². The summed E-state index contributed by atoms with van der Waals surface area (Å²) < 4.78 is 23.8. The highest BCUT2D eigenvalue weighted by atomic mass is 16.5. The number of rotatable bonds is 6. The van der Waals surface area contributed by atoms with Gasteiger partial charge in [-0.2, -0.15) is 5.10 Å². The number of fused-ring (bicyclic) bond motifs is 1. The minimum Gasteiger partial charge on any atom is -0.497 e. The van der Waals surface area contributed by atoms with Crippen LogP contribution in [0.1, 0.15) is 5.69 Å². The summed E-state index contributed by atoms with van der Waals surface area (Å²) in [5.74, 6) is 2.47. The van der Waals surface area contributed by atoms with Crippen molar-refractivity contribution in [3.05, 3.63) is 54.4 Å². The molecule has 0 fully saturated rings. The van der Waals surface area contributed by atoms with Gasteiger partial charge in [0.2, 0.25) is 5.75 Å². The van der Waals surface area contributed by atoms with Gasteiger partial charge in [0.1, 0.15) is 5.75 Å². The van der Waals surface area contributed by atoms with E-state index in [1.807, 2.05) is 53.9 Å². The fourth-order valence-electron chi connectivity index (χ4n) is 3.65. The zero-order valence-electron chi connectivity index (χ0n) is 17.6. The molecule has 0 spiro atoms. The normalized spacial score (nSPS) is 10.8. The lowest BCUT2D eigenvalue weighted by molar-refractivity contribution is 0.324. The van der Waals surface area contributed by atoms with Crippen LogP contribution in [0.4, 0.5) is 0 Å². The van der Waals surface area contributed by atoms with Crippen molar-refractivity contribution in [2.75, 3.05) is 28.4 Å². The first-order chi connectivity index (χ1) is 14.6. The fraction of sp³-hybridized carbons (Fsp3) is 0.217. The van der Waals surface area contributed by atoms with Crippen LogP contribution in [0, 0.1) is 6.92 Å². The molecule has 0 amide bonds. The van der Waals surface area contributed by atoms with Crippen LogP contribution in [0.15, 0.2) is 48.7 Å². The lowest BCUT2D eigenvalue weighted by Gasteiger charge is -2.18. The van der Waals surface area contributed by atoms with Crippen molar-refractivity contribution in [3.63, 3.8) is 0 Å². The maximum Gasteiger partial charge on any atom is 0.203 e. The maximum atomic E-state index is 5.57. The molecule has 30 heavy (non-hydrogen) atoms. The number of hydrogen-bond donors (Lipinski definition) is 0. The molecule has 2 heterocycles. The zero-order valence-corrected chi connectivity index (χ0v) is 17.6. The Balaban J connectivity index is 2.06. The number of aromatic nitrogens is 3. The lowest BCUT2D eigenvalue weighted by atomic mass is 9.97. The van der Waals surface area contributed by atoms with Gasteiger partial charge in [0, 0.05) is 22.9 Å². The Bertz CT molecular complexity index is 1170. The van der Waals surface area contributed by atoms with Gasteiger partial charge in [-0.15, -0.1) is 0 Å². The van der Waals surface area contributed by atoms with Gasteiger partial charge in [-0.3, -0.25) is 0 Å². The second kappa shape index (κ2) is 7.94. The predicted octanol–water partition coefficient (Wildman–Crippen LogP) is 4.41. The van der Waals surface area contributed by atoms with E-state index in [1.165, 1.54) is 0 Å². The Morgan fingerprint density at radius 2 is 1.43 bits per heavy atom. The summed E-state index contributed by atoms with van der Waals surface area (Å²) in [6.07, 6.45) is 1.74. The average Bonchev–Trinajstić information content (AvgIpc) is 3.25. The average molecular weight is 405 g/mol. The fourth-order valence-corrected chi connectivity index (χ4v) is 3.65. The zero-order chi connectivity index (χ0) is 21.3. The van der Waals surface area contributed by atoms with Gasteiger partial charge >= 0.3 is 0 Å². The first-order valence-electron chi connectivity index (χ1n) is 9.40. The summed E-state index contributed by atoms with van der Waals surface area (Å²) in [6.45, 7) is 1.99. The van der Waals surface area contributed by atoms with Gasteiger partial charge in [0.05, 0.1) is 40.3 Å². The largest absolute Gasteiger partial charge is 0.497 e. The van der Waals surface area contributed by atoms with Crippen LogP contribution in [0.2, 0.25) is 0 Å². The maximum absolute atomic E-state index is 5.57. The molecule has 154 valence electrons. The van der Waals surface area contributed by atoms with Crippen molar-refractivity contribution in [2.45, 2.75) is 6.92 Å². The van der Waals surface area contributed by atoms with Crippen LogP contribution >= 0.6 is 0 Å². The molecule has 2 aromatic carbocycles. The van der Waals surface area contributed by atoms with Crippen molar-refractivity contribution < 1.29 is 18.9 Å². The highest BCUT2D eigenvalue weighted by molar-refractivity contribution is 5.86. The van der Waals surface area contributed by atoms with Crippen LogP contribution in [-0.2, 0) is 0 Å². The molecule has 0 unspecified atom stereocenters. The van der Waals surface area contributed by atoms with E-state index in [0.29, 0.717) is 17.2 Å². The molecular formula is C23H23N3O4. The Hall–Kier alpha value is -3.74. The van der Waals surface area contributed by atoms with Crippen LogP contribution < -0.4 is 18.9 Å². The Kier molecular flexibility index (Phi) is 5.18. The molecule has 0 radical (unpaired) electrons. The molecule has 0 aliphatic carbocycles. The molecule has 0 saturated carbocycles. The van der Waals surface area contributed by atoms with Crippen molar-refractivity contribution in [1.29, 1.82) is 0 Å². The van der Waals surface area contributed by atoms with Crippen LogP contribution in [0.5, 0.6) is 23.0 Å². The molecule has 0 saturated heterocycles. The second-order valence-corrected chi connectivity index (χ2v) is 6.66. The summed E-state index contributed by atoms with van der Waals surface area (Å²) in [4.78, 5) is 4.74. The van der Waals surface area contributed by atoms with Gasteiger partial charge in [-0.05, 0) is 36.8 Å². The lowest BCUT2D eigenvalue weighted by Crippen LogP contribution is -2.04. The minimum atomic E-state index is 0.539. The number of aryl methyl sites for hydroxylation is 1. The third-order valence-electron chi connectivity index (χ3n) is 5.03. The highest BCUT2D eigenvalue weighted by Crippen LogP contribution is 2.44. The van der Waals surface area contributed by atoms with Gasteiger partial charge in [-0.1, -0.05) is 12.1 Å². The van der Waals surface area contributed by atoms with Crippen molar-refractivity contribution in [2.24, 2.45) is 0 Å². The molecule has 4 aromatic rings. The Morgan fingerprint density at radius 3 is 2.00 bits per heavy atom. The second-order valence-electron chi connectivity index (χ2n) is 6.66. The predicted molar refractivity (Wildman–Crippen MR) is 115 cm³/mol. The van der Waals surface area contributed by atoms with E-state index in [0.717, 1.165) is 39.5 Å². The molecule has 0 aliphatic heterocycles. The van der Waals surface area contributed by atoms with E-state index in [1.54, 1.807) is 34.6 Å². The Labute approximate surface area is 174 Å². The van der Waals surface area contributed by atoms with E-state index >= 15 is 0 Å². The van der Waals surface area contributed by atoms with Crippen molar-refractivity contribution in [1.82, 2.24) is 14.6 Å². The quantitative estimate of drug-likeness (QED) is 0.473. The van der Waals surface area contributed by atoms with Gasteiger partial charge < -0.3 is 18.9 Å². The number of hydrogen-bond acceptors (Lipinski definition) is 6. The molecule has 0 atom stereocenters. The van der Waals surface area contributed by atoms with E-state index in [-0.39, 0.29) is 0 Å². The Morgan fingerprint density at radius 1 is 0.767 bits per heavy atom. The summed E-state index contributed by atoms with van der Waals surface area (Å²) in [5.41, 5.74) is 5.36. The van der Waals surface area contributed by atoms with E-state index < -0.39 is 0 Å². The van der Waals surface area contributed by atoms with Gasteiger partial charge in [0.25, 0.3) is 0 Å². The summed E-state index contributed by atoms with van der Waals surface area (Å²) in [5, 5.41) is 4.53. The number of methoxy groups -OCH3 is 4. The summed E-state index contributed by atoms with van der Waals surface area (Å²) in [7, 11) is 6.45. The van der Waals surface area contributed by atoms with E-state index in [9.17, 15) is 0 Å². The smallest absolute Gasteiger partial charge is 0.203 e. The first kappa shape index (κ1) is 19.6. The summed E-state index contributed by atoms with van der Waals surface area (Å²) >= 11 is 0.